The summed E-state index contributed by atoms with van der Waals surface area (Å²) in [7, 11) is 0. The summed E-state index contributed by atoms with van der Waals surface area (Å²) in [6.45, 7) is 2.26. The van der Waals surface area contributed by atoms with Crippen molar-refractivity contribution in [3.63, 3.8) is 0 Å². The summed E-state index contributed by atoms with van der Waals surface area (Å²) in [5.74, 6) is 1.25. The number of fused-ring (bicyclic) bond motifs is 2. The molecule has 4 heterocycles. The lowest BCUT2D eigenvalue weighted by Gasteiger charge is -2.24. The second-order valence-electron chi connectivity index (χ2n) is 8.35. The van der Waals surface area contributed by atoms with Gasteiger partial charge in [-0.05, 0) is 42.3 Å². The lowest BCUT2D eigenvalue weighted by Crippen LogP contribution is -2.25. The van der Waals surface area contributed by atoms with E-state index in [0.29, 0.717) is 41.6 Å². The molecule has 0 bridgehead atoms. The Morgan fingerprint density at radius 2 is 1.89 bits per heavy atom. The number of hydrogen-bond acceptors (Lipinski definition) is 6. The Bertz CT molecular complexity index is 1540. The maximum atomic E-state index is 13.1. The van der Waals surface area contributed by atoms with Gasteiger partial charge >= 0.3 is 0 Å². The van der Waals surface area contributed by atoms with E-state index in [1.165, 1.54) is 18.5 Å². The Morgan fingerprint density at radius 3 is 2.69 bits per heavy atom. The first-order chi connectivity index (χ1) is 17.1. The third-order valence-corrected chi connectivity index (χ3v) is 6.11. The number of hydrogen-bond donors (Lipinski definition) is 2. The molecular formula is C25H20FN7O2. The molecule has 1 aliphatic heterocycles. The standard InChI is InChI=1S/C25H20FN7O2/c1-14-21-19(16-4-8-18(9-5-16)35-11-15-2-6-17(26)7-3-15)10-20(34)31-24(21)33(32-14)25-22-23(28-12-27-22)29-13-30-25/h2-9,12-13,19H,10-11H2,1H3,(H,31,34)(H,27,28,29,30)/t19-/m1/s1. The second kappa shape index (κ2) is 8.32. The third kappa shape index (κ3) is 3.78. The fourth-order valence-electron chi connectivity index (χ4n) is 4.44. The zero-order valence-electron chi connectivity index (χ0n) is 18.7. The number of aromatic nitrogens is 6. The van der Waals surface area contributed by atoms with Gasteiger partial charge in [0.25, 0.3) is 0 Å². The average Bonchev–Trinajstić information content (AvgIpc) is 3.48. The largest absolute Gasteiger partial charge is 0.489 e. The van der Waals surface area contributed by atoms with E-state index in [4.69, 9.17) is 9.84 Å². The van der Waals surface area contributed by atoms with Crippen molar-refractivity contribution in [2.24, 2.45) is 0 Å². The van der Waals surface area contributed by atoms with Crippen molar-refractivity contribution in [1.29, 1.82) is 0 Å². The first-order valence-corrected chi connectivity index (χ1v) is 11.1. The van der Waals surface area contributed by atoms with Gasteiger partial charge in [-0.1, -0.05) is 24.3 Å². The van der Waals surface area contributed by atoms with E-state index in [2.05, 4.69) is 25.3 Å². The van der Waals surface area contributed by atoms with Gasteiger partial charge in [0.05, 0.1) is 12.0 Å². The normalized spacial score (nSPS) is 15.1. The molecule has 9 nitrogen and oxygen atoms in total. The summed E-state index contributed by atoms with van der Waals surface area (Å²) in [6, 6.07) is 13.9. The number of aryl methyl sites for hydroxylation is 1. The molecule has 1 amide bonds. The van der Waals surface area contributed by atoms with Gasteiger partial charge in [-0.25, -0.2) is 19.3 Å². The number of ether oxygens (including phenoxy) is 1. The number of imidazole rings is 1. The molecule has 2 N–H and O–H groups in total. The van der Waals surface area contributed by atoms with E-state index in [1.54, 1.807) is 23.1 Å². The Morgan fingerprint density at radius 1 is 1.09 bits per heavy atom. The van der Waals surface area contributed by atoms with Crippen LogP contribution < -0.4 is 10.1 Å². The molecule has 0 saturated carbocycles. The van der Waals surface area contributed by atoms with Crippen LogP contribution in [0.3, 0.4) is 0 Å². The van der Waals surface area contributed by atoms with Gasteiger partial charge in [-0.2, -0.15) is 9.78 Å². The molecule has 1 atom stereocenters. The van der Waals surface area contributed by atoms with E-state index in [0.717, 1.165) is 22.4 Å². The summed E-state index contributed by atoms with van der Waals surface area (Å²) in [6.07, 6.45) is 3.28. The van der Waals surface area contributed by atoms with Crippen molar-refractivity contribution in [3.8, 4) is 11.6 Å². The SMILES string of the molecule is Cc1nn(-c2ncnc3nc[nH]c23)c2c1[C@@H](c1ccc(OCc3ccc(F)cc3)cc1)CC(=O)N2. The monoisotopic (exact) mass is 469 g/mol. The number of aromatic amines is 1. The van der Waals surface area contributed by atoms with Crippen molar-refractivity contribution in [2.75, 3.05) is 5.32 Å². The predicted octanol–water partition coefficient (Wildman–Crippen LogP) is 4.04. The second-order valence-corrected chi connectivity index (χ2v) is 8.35. The molecular weight excluding hydrogens is 449 g/mol. The molecule has 0 fully saturated rings. The maximum Gasteiger partial charge on any atom is 0.226 e. The minimum atomic E-state index is -0.277. The minimum Gasteiger partial charge on any atom is -0.489 e. The van der Waals surface area contributed by atoms with Gasteiger partial charge in [-0.3, -0.25) is 4.79 Å². The molecule has 0 aliphatic carbocycles. The van der Waals surface area contributed by atoms with Gasteiger partial charge in [0.1, 0.15) is 35.8 Å². The smallest absolute Gasteiger partial charge is 0.226 e. The summed E-state index contributed by atoms with van der Waals surface area (Å²) < 4.78 is 20.6. The molecule has 0 saturated heterocycles. The van der Waals surface area contributed by atoms with Gasteiger partial charge in [-0.15, -0.1) is 0 Å². The van der Waals surface area contributed by atoms with Gasteiger partial charge in [0, 0.05) is 17.9 Å². The number of nitrogens with one attached hydrogen (secondary N) is 2. The summed E-state index contributed by atoms with van der Waals surface area (Å²) in [5.41, 5.74) is 4.75. The van der Waals surface area contributed by atoms with Crippen LogP contribution in [0.1, 0.15) is 34.7 Å². The van der Waals surface area contributed by atoms with Crippen LogP contribution in [0, 0.1) is 12.7 Å². The lowest BCUT2D eigenvalue weighted by atomic mass is 9.86. The van der Waals surface area contributed by atoms with Crippen LogP contribution in [0.2, 0.25) is 0 Å². The first kappa shape index (κ1) is 21.0. The molecule has 1 aliphatic rings. The molecule has 0 spiro atoms. The molecule has 2 aromatic carbocycles. The van der Waals surface area contributed by atoms with Gasteiger partial charge in [0.2, 0.25) is 5.91 Å². The van der Waals surface area contributed by atoms with Crippen molar-refractivity contribution in [2.45, 2.75) is 25.9 Å². The number of rotatable bonds is 5. The minimum absolute atomic E-state index is 0.102. The molecule has 3 aromatic heterocycles. The van der Waals surface area contributed by atoms with Crippen LogP contribution in [0.5, 0.6) is 5.75 Å². The van der Waals surface area contributed by atoms with E-state index in [-0.39, 0.29) is 17.6 Å². The van der Waals surface area contributed by atoms with E-state index in [9.17, 15) is 9.18 Å². The van der Waals surface area contributed by atoms with Gasteiger partial charge in [0.15, 0.2) is 11.5 Å². The van der Waals surface area contributed by atoms with E-state index >= 15 is 0 Å². The van der Waals surface area contributed by atoms with Crippen molar-refractivity contribution in [1.82, 2.24) is 29.7 Å². The number of carbonyl (C=O) groups is 1. The van der Waals surface area contributed by atoms with Crippen LogP contribution >= 0.6 is 0 Å². The molecule has 174 valence electrons. The highest BCUT2D eigenvalue weighted by molar-refractivity contribution is 5.95. The highest BCUT2D eigenvalue weighted by Crippen LogP contribution is 2.40. The van der Waals surface area contributed by atoms with Crippen LogP contribution in [0.25, 0.3) is 17.0 Å². The van der Waals surface area contributed by atoms with Crippen LogP contribution in [-0.2, 0) is 11.4 Å². The summed E-state index contributed by atoms with van der Waals surface area (Å²) in [5, 5.41) is 7.68. The van der Waals surface area contributed by atoms with Crippen molar-refractivity contribution < 1.29 is 13.9 Å². The van der Waals surface area contributed by atoms with Crippen LogP contribution in [0.15, 0.2) is 61.2 Å². The Kier molecular flexibility index (Phi) is 4.98. The third-order valence-electron chi connectivity index (χ3n) is 6.11. The first-order valence-electron chi connectivity index (χ1n) is 11.1. The zero-order valence-corrected chi connectivity index (χ0v) is 18.7. The number of nitrogens with zero attached hydrogens (tertiary/aromatic N) is 5. The fourth-order valence-corrected chi connectivity index (χ4v) is 4.44. The molecule has 35 heavy (non-hydrogen) atoms. The Balaban J connectivity index is 1.31. The molecule has 10 heteroatoms. The molecule has 6 rings (SSSR count). The lowest BCUT2D eigenvalue weighted by molar-refractivity contribution is -0.116. The number of halogens is 1. The Hall–Kier alpha value is -4.60. The van der Waals surface area contributed by atoms with Crippen molar-refractivity contribution in [3.05, 3.63) is 89.4 Å². The fraction of sp³-hybridized carbons (Fsp3) is 0.160. The maximum absolute atomic E-state index is 13.1. The number of H-pyrrole nitrogens is 1. The van der Waals surface area contributed by atoms with E-state index in [1.807, 2.05) is 31.2 Å². The average molecular weight is 469 g/mol. The van der Waals surface area contributed by atoms with Crippen LogP contribution in [-0.4, -0.2) is 35.6 Å². The summed E-state index contributed by atoms with van der Waals surface area (Å²) >= 11 is 0. The highest BCUT2D eigenvalue weighted by atomic mass is 19.1. The number of amides is 1. The Labute approximate surface area is 199 Å². The van der Waals surface area contributed by atoms with Crippen molar-refractivity contribution >= 4 is 22.9 Å². The number of carbonyl (C=O) groups excluding carboxylic acids is 1. The molecule has 0 unspecified atom stereocenters. The quantitative estimate of drug-likeness (QED) is 0.402. The predicted molar refractivity (Wildman–Crippen MR) is 126 cm³/mol. The molecule has 5 aromatic rings. The zero-order chi connectivity index (χ0) is 23.9. The van der Waals surface area contributed by atoms with Crippen LogP contribution in [0.4, 0.5) is 10.2 Å². The van der Waals surface area contributed by atoms with E-state index < -0.39 is 0 Å². The highest BCUT2D eigenvalue weighted by Gasteiger charge is 2.33. The number of anilines is 1. The summed E-state index contributed by atoms with van der Waals surface area (Å²) in [4.78, 5) is 28.5. The molecule has 0 radical (unpaired) electrons. The topological polar surface area (TPSA) is 111 Å². The van der Waals surface area contributed by atoms with Gasteiger partial charge < -0.3 is 15.0 Å². The number of benzene rings is 2.